The molecule has 3 aromatic rings. The Labute approximate surface area is 246 Å². The van der Waals surface area contributed by atoms with Crippen molar-refractivity contribution in [1.82, 2.24) is 20.1 Å². The predicted octanol–water partition coefficient (Wildman–Crippen LogP) is 5.02. The Balaban J connectivity index is 1.48. The molecular formula is C29H31ClN4O6S. The van der Waals surface area contributed by atoms with Crippen LogP contribution in [0.15, 0.2) is 36.4 Å². The number of methoxy groups -OCH3 is 2. The van der Waals surface area contributed by atoms with Gasteiger partial charge in [0.15, 0.2) is 23.1 Å². The molecule has 0 spiro atoms. The summed E-state index contributed by atoms with van der Waals surface area (Å²) in [6.07, 6.45) is 2.30. The number of Topliss-reactive ketones (excluding diaryl/α,β-unsaturated/α-hetero) is 1. The number of thioether (sulfide) groups is 1. The minimum atomic E-state index is -1.05. The molecule has 1 fully saturated rings. The van der Waals surface area contributed by atoms with Gasteiger partial charge in [-0.2, -0.15) is 0 Å². The first-order valence-corrected chi connectivity index (χ1v) is 14.7. The lowest BCUT2D eigenvalue weighted by Crippen LogP contribution is -2.29. The van der Waals surface area contributed by atoms with E-state index in [0.29, 0.717) is 28.9 Å². The van der Waals surface area contributed by atoms with Gasteiger partial charge in [-0.25, -0.2) is 0 Å². The quantitative estimate of drug-likeness (QED) is 0.295. The van der Waals surface area contributed by atoms with Gasteiger partial charge in [0.25, 0.3) is 0 Å². The summed E-state index contributed by atoms with van der Waals surface area (Å²) in [7, 11) is 3.21. The number of halogens is 1. The maximum atomic E-state index is 12.8. The number of fused-ring (bicyclic) bond motifs is 3. The predicted molar refractivity (Wildman–Crippen MR) is 154 cm³/mol. The monoisotopic (exact) mass is 598 g/mol. The van der Waals surface area contributed by atoms with Crippen molar-refractivity contribution in [1.29, 1.82) is 0 Å². The molecule has 2 atom stereocenters. The van der Waals surface area contributed by atoms with Gasteiger partial charge in [-0.05, 0) is 49.1 Å². The van der Waals surface area contributed by atoms with E-state index in [0.717, 1.165) is 41.3 Å². The summed E-state index contributed by atoms with van der Waals surface area (Å²) in [6.45, 7) is -0.195. The molecular weight excluding hydrogens is 568 g/mol. The Morgan fingerprint density at radius 3 is 2.54 bits per heavy atom. The Kier molecular flexibility index (Phi) is 8.84. The highest BCUT2D eigenvalue weighted by Crippen LogP contribution is 2.55. The van der Waals surface area contributed by atoms with Crippen molar-refractivity contribution in [3.63, 3.8) is 0 Å². The molecule has 2 N–H and O–H groups in total. The van der Waals surface area contributed by atoms with Gasteiger partial charge in [0, 0.05) is 29.3 Å². The Bertz CT molecular complexity index is 1470. The molecule has 2 aromatic carbocycles. The summed E-state index contributed by atoms with van der Waals surface area (Å²) in [5.74, 6) is 1.56. The van der Waals surface area contributed by atoms with Gasteiger partial charge in [0.1, 0.15) is 5.82 Å². The highest BCUT2D eigenvalue weighted by molar-refractivity contribution is 8.00. The average Bonchev–Trinajstić information content (AvgIpc) is 3.74. The minimum absolute atomic E-state index is 0.119. The number of nitrogens with one attached hydrogen (secondary N) is 1. The summed E-state index contributed by atoms with van der Waals surface area (Å²) >= 11 is 8.19. The zero-order valence-corrected chi connectivity index (χ0v) is 24.3. The summed E-state index contributed by atoms with van der Waals surface area (Å²) < 4.78 is 13.5. The van der Waals surface area contributed by atoms with Crippen molar-refractivity contribution in [3.05, 3.63) is 64.2 Å². The lowest BCUT2D eigenvalue weighted by Gasteiger charge is -2.24. The molecule has 0 radical (unpaired) electrons. The van der Waals surface area contributed by atoms with Crippen molar-refractivity contribution < 1.29 is 29.0 Å². The largest absolute Gasteiger partial charge is 0.493 e. The Morgan fingerprint density at radius 1 is 1.05 bits per heavy atom. The molecule has 2 aliphatic rings. The van der Waals surface area contributed by atoms with Gasteiger partial charge in [0.05, 0.1) is 43.4 Å². The molecule has 41 heavy (non-hydrogen) atoms. The number of hydrogen-bond donors (Lipinski definition) is 2. The molecule has 1 saturated carbocycles. The number of para-hydroxylation sites is 1. The topological polar surface area (TPSA) is 133 Å². The molecule has 1 aromatic heterocycles. The maximum Gasteiger partial charge on any atom is 0.303 e. The van der Waals surface area contributed by atoms with Crippen LogP contribution in [-0.2, 0) is 14.4 Å². The normalized spacial score (nSPS) is 17.6. The van der Waals surface area contributed by atoms with Crippen LogP contribution in [0.5, 0.6) is 11.5 Å². The fourth-order valence-corrected chi connectivity index (χ4v) is 6.75. The molecule has 5 rings (SSSR count). The third-order valence-corrected chi connectivity index (χ3v) is 9.00. The molecule has 216 valence electrons. The van der Waals surface area contributed by atoms with Crippen LogP contribution in [0.25, 0.3) is 5.69 Å². The number of ether oxygens (including phenoxy) is 2. The Morgan fingerprint density at radius 2 is 1.83 bits per heavy atom. The summed E-state index contributed by atoms with van der Waals surface area (Å²) in [5, 5.41) is 20.8. The molecule has 2 heterocycles. The van der Waals surface area contributed by atoms with Crippen molar-refractivity contribution in [2.24, 2.45) is 0 Å². The smallest absolute Gasteiger partial charge is 0.303 e. The summed E-state index contributed by atoms with van der Waals surface area (Å²) in [6, 6.07) is 11.6. The molecule has 1 aliphatic carbocycles. The lowest BCUT2D eigenvalue weighted by molar-refractivity contribution is -0.138. The molecule has 1 aliphatic heterocycles. The molecule has 0 saturated heterocycles. The van der Waals surface area contributed by atoms with Crippen LogP contribution >= 0.6 is 23.4 Å². The van der Waals surface area contributed by atoms with Gasteiger partial charge >= 0.3 is 5.97 Å². The molecule has 0 unspecified atom stereocenters. The summed E-state index contributed by atoms with van der Waals surface area (Å²) in [4.78, 5) is 35.5. The first-order valence-electron chi connectivity index (χ1n) is 13.4. The maximum absolute atomic E-state index is 12.8. The number of rotatable bonds is 12. The second-order valence-electron chi connectivity index (χ2n) is 10.1. The van der Waals surface area contributed by atoms with E-state index in [9.17, 15) is 14.4 Å². The first-order chi connectivity index (χ1) is 19.8. The molecule has 10 nitrogen and oxygen atoms in total. The number of ketones is 1. The first kappa shape index (κ1) is 28.9. The van der Waals surface area contributed by atoms with E-state index in [1.807, 2.05) is 36.4 Å². The number of amides is 1. The van der Waals surface area contributed by atoms with Crippen LogP contribution in [0.1, 0.15) is 77.7 Å². The zero-order chi connectivity index (χ0) is 29.1. The number of nitrogens with zero attached hydrogens (tertiary/aromatic N) is 3. The number of aromatic nitrogens is 3. The highest BCUT2D eigenvalue weighted by Gasteiger charge is 2.38. The van der Waals surface area contributed by atoms with E-state index < -0.39 is 5.97 Å². The molecule has 0 bridgehead atoms. The van der Waals surface area contributed by atoms with Gasteiger partial charge in [-0.1, -0.05) is 23.7 Å². The van der Waals surface area contributed by atoms with Crippen LogP contribution in [0.3, 0.4) is 0 Å². The number of hydrogen-bond acceptors (Lipinski definition) is 8. The number of carboxylic acids is 1. The number of carbonyl (C=O) groups excluding carboxylic acids is 2. The van der Waals surface area contributed by atoms with E-state index in [1.165, 1.54) is 0 Å². The van der Waals surface area contributed by atoms with Crippen molar-refractivity contribution >= 4 is 41.0 Å². The number of carbonyl (C=O) groups is 3. The lowest BCUT2D eigenvalue weighted by atomic mass is 10.0. The van der Waals surface area contributed by atoms with Gasteiger partial charge < -0.3 is 19.9 Å². The van der Waals surface area contributed by atoms with E-state index in [-0.39, 0.29) is 48.0 Å². The molecule has 12 heteroatoms. The third kappa shape index (κ3) is 6.36. The van der Waals surface area contributed by atoms with Crippen LogP contribution < -0.4 is 14.8 Å². The standard InChI is InChI=1S/C29H31ClN4O6S/c1-39-22-5-3-4-19(26(22)40-2)27-20-14-17(30)8-10-21(20)34-28(16-6-7-16)32-33-29(34)23(41-27)11-12-24(36)31-15-18(35)9-13-25(37)38/h3-5,8,10,14,16,23,27H,6-7,9,11-13,15H2,1-2H3,(H,31,36)(H,37,38)/t23-,27-/m0/s1. The fourth-order valence-electron chi connectivity index (χ4n) is 5.05. The van der Waals surface area contributed by atoms with Crippen molar-refractivity contribution in [2.75, 3.05) is 20.8 Å². The van der Waals surface area contributed by atoms with Crippen LogP contribution in [0, 0.1) is 0 Å². The number of aliphatic carboxylic acids is 1. The van der Waals surface area contributed by atoms with Gasteiger partial charge in [-0.3, -0.25) is 19.0 Å². The third-order valence-electron chi connectivity index (χ3n) is 7.21. The van der Waals surface area contributed by atoms with E-state index in [2.05, 4.69) is 20.1 Å². The fraction of sp³-hybridized carbons (Fsp3) is 0.414. The van der Waals surface area contributed by atoms with E-state index in [1.54, 1.807) is 26.0 Å². The second kappa shape index (κ2) is 12.5. The van der Waals surface area contributed by atoms with Gasteiger partial charge in [-0.15, -0.1) is 22.0 Å². The summed E-state index contributed by atoms with van der Waals surface area (Å²) in [5.41, 5.74) is 2.83. The second-order valence-corrected chi connectivity index (χ2v) is 11.8. The highest BCUT2D eigenvalue weighted by atomic mass is 35.5. The van der Waals surface area contributed by atoms with E-state index in [4.69, 9.17) is 26.2 Å². The Hall–Kier alpha value is -3.57. The van der Waals surface area contributed by atoms with Crippen LogP contribution in [0.4, 0.5) is 0 Å². The van der Waals surface area contributed by atoms with Crippen LogP contribution in [-0.4, -0.2) is 58.3 Å². The zero-order valence-electron chi connectivity index (χ0n) is 22.8. The number of benzene rings is 2. The van der Waals surface area contributed by atoms with E-state index >= 15 is 0 Å². The van der Waals surface area contributed by atoms with Crippen molar-refractivity contribution in [2.45, 2.75) is 54.9 Å². The van der Waals surface area contributed by atoms with Crippen LogP contribution in [0.2, 0.25) is 5.02 Å². The van der Waals surface area contributed by atoms with Crippen molar-refractivity contribution in [3.8, 4) is 17.2 Å². The minimum Gasteiger partial charge on any atom is -0.493 e. The average molecular weight is 599 g/mol. The van der Waals surface area contributed by atoms with Gasteiger partial charge in [0.2, 0.25) is 5.91 Å². The number of carboxylic acid groups (broad SMARTS) is 1. The SMILES string of the molecule is COc1cccc([C@@H]2S[C@@H](CCC(=O)NCC(=O)CCC(=O)O)c3nnc(C4CC4)n3-c3ccc(Cl)cc32)c1OC. The molecule has 1 amide bonds.